The number of benzene rings is 2. The van der Waals surface area contributed by atoms with Crippen molar-refractivity contribution < 1.29 is 9.90 Å². The Morgan fingerprint density at radius 1 is 1.29 bits per heavy atom. The molecule has 2 aromatic rings. The molecule has 1 aliphatic heterocycles. The van der Waals surface area contributed by atoms with Crippen molar-refractivity contribution in [1.82, 2.24) is 4.90 Å². The van der Waals surface area contributed by atoms with Gasteiger partial charge in [0.2, 0.25) is 0 Å². The number of halogens is 2. The number of hydrogen-bond acceptors (Lipinski definition) is 4. The number of hydrogen-bond donors (Lipinski definition) is 1. The highest BCUT2D eigenvalue weighted by Gasteiger charge is 2.32. The largest absolute Gasteiger partial charge is 0.506 e. The van der Waals surface area contributed by atoms with Crippen LogP contribution in [0.25, 0.3) is 6.08 Å². The quantitative estimate of drug-likeness (QED) is 0.525. The van der Waals surface area contributed by atoms with Gasteiger partial charge in [-0.25, -0.2) is 0 Å². The molecule has 1 heterocycles. The minimum Gasteiger partial charge on any atom is -0.506 e. The minimum atomic E-state index is -0.177. The van der Waals surface area contributed by atoms with Crippen LogP contribution >= 0.6 is 51.5 Å². The molecule has 0 aliphatic carbocycles. The SMILES string of the molecule is O=C1/C(=C/c2cc(Br)cc(Cl)c2O)SC(=S)N1Cc1ccccc1. The molecular weight excluding hydrogens is 430 g/mol. The van der Waals surface area contributed by atoms with Crippen LogP contribution in [-0.2, 0) is 11.3 Å². The number of carbonyl (C=O) groups excluding carboxylic acids is 1. The third kappa shape index (κ3) is 3.67. The summed E-state index contributed by atoms with van der Waals surface area (Å²) in [7, 11) is 0. The molecule has 0 radical (unpaired) electrons. The van der Waals surface area contributed by atoms with E-state index in [0.29, 0.717) is 21.3 Å². The molecule has 1 amide bonds. The van der Waals surface area contributed by atoms with Crippen LogP contribution in [0.5, 0.6) is 5.75 Å². The van der Waals surface area contributed by atoms with Crippen LogP contribution in [0.15, 0.2) is 51.8 Å². The Bertz CT molecular complexity index is 855. The second-order valence-corrected chi connectivity index (χ2v) is 8.08. The molecule has 3 rings (SSSR count). The van der Waals surface area contributed by atoms with E-state index in [4.69, 9.17) is 23.8 Å². The van der Waals surface area contributed by atoms with E-state index in [1.165, 1.54) is 11.8 Å². The van der Waals surface area contributed by atoms with Gasteiger partial charge in [0.1, 0.15) is 10.1 Å². The standard InChI is InChI=1S/C17H11BrClNO2S2/c18-12-6-11(15(21)13(19)8-12)7-14-16(22)20(17(23)24-14)9-10-4-2-1-3-5-10/h1-8,21H,9H2/b14-7-. The fraction of sp³-hybridized carbons (Fsp3) is 0.0588. The van der Waals surface area contributed by atoms with Crippen LogP contribution in [0.2, 0.25) is 5.02 Å². The van der Waals surface area contributed by atoms with E-state index in [9.17, 15) is 9.90 Å². The van der Waals surface area contributed by atoms with Crippen LogP contribution in [0.1, 0.15) is 11.1 Å². The molecular formula is C17H11BrClNO2S2. The van der Waals surface area contributed by atoms with Gasteiger partial charge in [0.05, 0.1) is 16.5 Å². The van der Waals surface area contributed by atoms with Crippen molar-refractivity contribution in [2.45, 2.75) is 6.54 Å². The predicted molar refractivity (Wildman–Crippen MR) is 106 cm³/mol. The molecule has 1 fully saturated rings. The van der Waals surface area contributed by atoms with E-state index in [2.05, 4.69) is 15.9 Å². The van der Waals surface area contributed by atoms with E-state index in [0.717, 1.165) is 10.0 Å². The molecule has 0 bridgehead atoms. The van der Waals surface area contributed by atoms with Gasteiger partial charge in [-0.15, -0.1) is 0 Å². The summed E-state index contributed by atoms with van der Waals surface area (Å²) < 4.78 is 1.21. The summed E-state index contributed by atoms with van der Waals surface area (Å²) in [6, 6.07) is 13.0. The molecule has 122 valence electrons. The summed E-state index contributed by atoms with van der Waals surface area (Å²) in [6.45, 7) is 0.425. The van der Waals surface area contributed by atoms with E-state index >= 15 is 0 Å². The van der Waals surface area contributed by atoms with Gasteiger partial charge < -0.3 is 5.11 Å². The topological polar surface area (TPSA) is 40.5 Å². The van der Waals surface area contributed by atoms with Gasteiger partial charge in [-0.3, -0.25) is 9.69 Å². The fourth-order valence-corrected chi connectivity index (χ4v) is 4.32. The van der Waals surface area contributed by atoms with Crippen molar-refractivity contribution in [3.8, 4) is 5.75 Å². The van der Waals surface area contributed by atoms with Crippen LogP contribution in [0.4, 0.5) is 0 Å². The lowest BCUT2D eigenvalue weighted by atomic mass is 10.1. The number of thiocarbonyl (C=S) groups is 1. The Kier molecular flexibility index (Phi) is 5.30. The molecule has 2 aromatic carbocycles. The highest BCUT2D eigenvalue weighted by Crippen LogP contribution is 2.37. The summed E-state index contributed by atoms with van der Waals surface area (Å²) in [5.41, 5.74) is 1.47. The predicted octanol–water partition coefficient (Wildman–Crippen LogP) is 5.21. The van der Waals surface area contributed by atoms with Crippen molar-refractivity contribution in [3.63, 3.8) is 0 Å². The summed E-state index contributed by atoms with van der Waals surface area (Å²) >= 11 is 15.8. The van der Waals surface area contributed by atoms with Gasteiger partial charge in [0.25, 0.3) is 5.91 Å². The number of phenols is 1. The van der Waals surface area contributed by atoms with Crippen molar-refractivity contribution in [2.75, 3.05) is 0 Å². The molecule has 24 heavy (non-hydrogen) atoms. The molecule has 7 heteroatoms. The number of carbonyl (C=O) groups is 1. The number of nitrogens with zero attached hydrogens (tertiary/aromatic N) is 1. The Morgan fingerprint density at radius 3 is 2.71 bits per heavy atom. The average Bonchev–Trinajstić information content (AvgIpc) is 2.81. The second kappa shape index (κ2) is 7.27. The van der Waals surface area contributed by atoms with Crippen molar-refractivity contribution >= 4 is 67.8 Å². The number of phenolic OH excluding ortho intramolecular Hbond substituents is 1. The molecule has 0 saturated carbocycles. The average molecular weight is 441 g/mol. The highest BCUT2D eigenvalue weighted by molar-refractivity contribution is 9.10. The Hall–Kier alpha value is -1.34. The lowest BCUT2D eigenvalue weighted by Gasteiger charge is -2.14. The zero-order chi connectivity index (χ0) is 17.3. The van der Waals surface area contributed by atoms with Gasteiger partial charge in [0, 0.05) is 10.0 Å². The number of thioether (sulfide) groups is 1. The Labute approximate surface area is 162 Å². The van der Waals surface area contributed by atoms with Crippen LogP contribution < -0.4 is 0 Å². The smallest absolute Gasteiger partial charge is 0.266 e. The van der Waals surface area contributed by atoms with Crippen LogP contribution in [0.3, 0.4) is 0 Å². The Morgan fingerprint density at radius 2 is 2.00 bits per heavy atom. The van der Waals surface area contributed by atoms with Crippen LogP contribution in [-0.4, -0.2) is 20.2 Å². The lowest BCUT2D eigenvalue weighted by molar-refractivity contribution is -0.122. The van der Waals surface area contributed by atoms with Gasteiger partial charge in [-0.05, 0) is 23.8 Å². The summed E-state index contributed by atoms with van der Waals surface area (Å²) in [5, 5.41) is 10.3. The first kappa shape index (κ1) is 17.5. The maximum atomic E-state index is 12.6. The second-order valence-electron chi connectivity index (χ2n) is 5.08. The van der Waals surface area contributed by atoms with Gasteiger partial charge in [-0.2, -0.15) is 0 Å². The van der Waals surface area contributed by atoms with E-state index in [-0.39, 0.29) is 16.7 Å². The van der Waals surface area contributed by atoms with Crippen molar-refractivity contribution in [1.29, 1.82) is 0 Å². The van der Waals surface area contributed by atoms with E-state index in [1.54, 1.807) is 23.1 Å². The Balaban J connectivity index is 1.89. The zero-order valence-corrected chi connectivity index (χ0v) is 16.2. The lowest BCUT2D eigenvalue weighted by Crippen LogP contribution is -2.27. The molecule has 0 unspecified atom stereocenters. The van der Waals surface area contributed by atoms with Crippen molar-refractivity contribution in [2.24, 2.45) is 0 Å². The first-order valence-corrected chi connectivity index (χ1v) is 9.32. The summed E-state index contributed by atoms with van der Waals surface area (Å²) in [5.74, 6) is -0.238. The minimum absolute atomic E-state index is 0.0619. The third-order valence-corrected chi connectivity index (χ3v) is 5.53. The number of aromatic hydroxyl groups is 1. The summed E-state index contributed by atoms with van der Waals surface area (Å²) in [4.78, 5) is 14.6. The molecule has 3 nitrogen and oxygen atoms in total. The van der Waals surface area contributed by atoms with Gasteiger partial charge in [-0.1, -0.05) is 81.8 Å². The zero-order valence-electron chi connectivity index (χ0n) is 12.2. The third-order valence-electron chi connectivity index (χ3n) is 3.40. The van der Waals surface area contributed by atoms with E-state index in [1.807, 2.05) is 30.3 Å². The molecule has 0 aromatic heterocycles. The normalized spacial score (nSPS) is 16.2. The molecule has 1 saturated heterocycles. The first-order chi connectivity index (χ1) is 11.5. The molecule has 1 N–H and O–H groups in total. The molecule has 0 atom stereocenters. The van der Waals surface area contributed by atoms with Crippen molar-refractivity contribution in [3.05, 3.63) is 68.0 Å². The maximum Gasteiger partial charge on any atom is 0.266 e. The number of rotatable bonds is 3. The van der Waals surface area contributed by atoms with E-state index < -0.39 is 0 Å². The van der Waals surface area contributed by atoms with Gasteiger partial charge >= 0.3 is 0 Å². The maximum absolute atomic E-state index is 12.6. The number of amides is 1. The highest BCUT2D eigenvalue weighted by atomic mass is 79.9. The monoisotopic (exact) mass is 439 g/mol. The van der Waals surface area contributed by atoms with Crippen LogP contribution in [0, 0.1) is 0 Å². The molecule has 0 spiro atoms. The summed E-state index contributed by atoms with van der Waals surface area (Å²) in [6.07, 6.45) is 1.61. The fourth-order valence-electron chi connectivity index (χ4n) is 2.24. The molecule has 1 aliphatic rings. The first-order valence-electron chi connectivity index (χ1n) is 6.93. The van der Waals surface area contributed by atoms with Gasteiger partial charge in [0.15, 0.2) is 0 Å².